The number of nitrogens with zero attached hydrogens (tertiary/aromatic N) is 1. The molecule has 0 saturated carbocycles. The quantitative estimate of drug-likeness (QED) is 0.375. The van der Waals surface area contributed by atoms with Gasteiger partial charge in [-0.2, -0.15) is 0 Å². The summed E-state index contributed by atoms with van der Waals surface area (Å²) >= 11 is 0. The SMILES string of the molecule is CCC(C)(CN=CC(C)C)CNN. The molecule has 0 aliphatic rings. The fourth-order valence-corrected chi connectivity index (χ4v) is 1.02. The smallest absolute Gasteiger partial charge is 0.0451 e. The number of hydrogen-bond donors (Lipinski definition) is 2. The van der Waals surface area contributed by atoms with Crippen LogP contribution in [0.15, 0.2) is 4.99 Å². The van der Waals surface area contributed by atoms with Crippen LogP contribution in [0.4, 0.5) is 0 Å². The minimum Gasteiger partial charge on any atom is -0.297 e. The number of hydrogen-bond acceptors (Lipinski definition) is 3. The van der Waals surface area contributed by atoms with Crippen molar-refractivity contribution >= 4 is 6.21 Å². The lowest BCUT2D eigenvalue weighted by Gasteiger charge is -2.25. The highest BCUT2D eigenvalue weighted by molar-refractivity contribution is 5.59. The summed E-state index contributed by atoms with van der Waals surface area (Å²) in [5.41, 5.74) is 2.92. The molecule has 13 heavy (non-hydrogen) atoms. The zero-order chi connectivity index (χ0) is 10.3. The first-order valence-electron chi connectivity index (χ1n) is 4.97. The van der Waals surface area contributed by atoms with E-state index < -0.39 is 0 Å². The van der Waals surface area contributed by atoms with Crippen molar-refractivity contribution < 1.29 is 0 Å². The molecule has 78 valence electrons. The largest absolute Gasteiger partial charge is 0.297 e. The Balaban J connectivity index is 3.96. The first-order valence-corrected chi connectivity index (χ1v) is 4.97. The standard InChI is InChI=1S/C10H23N3/c1-5-10(4,8-13-11)7-12-6-9(2)3/h6,9,13H,5,7-8,11H2,1-4H3. The zero-order valence-corrected chi connectivity index (χ0v) is 9.30. The summed E-state index contributed by atoms with van der Waals surface area (Å²) in [7, 11) is 0. The minimum atomic E-state index is 0.195. The molecule has 0 aromatic heterocycles. The van der Waals surface area contributed by atoms with Gasteiger partial charge in [-0.1, -0.05) is 27.7 Å². The molecule has 0 amide bonds. The Morgan fingerprint density at radius 3 is 2.54 bits per heavy atom. The molecule has 0 saturated heterocycles. The van der Waals surface area contributed by atoms with Gasteiger partial charge in [-0.25, -0.2) is 0 Å². The highest BCUT2D eigenvalue weighted by Crippen LogP contribution is 2.19. The maximum Gasteiger partial charge on any atom is 0.0451 e. The Bertz CT molecular complexity index is 154. The van der Waals surface area contributed by atoms with Gasteiger partial charge in [-0.15, -0.1) is 0 Å². The summed E-state index contributed by atoms with van der Waals surface area (Å²) in [5, 5.41) is 0. The summed E-state index contributed by atoms with van der Waals surface area (Å²) in [6, 6.07) is 0. The number of nitrogens with two attached hydrogens (primary N) is 1. The van der Waals surface area contributed by atoms with Crippen molar-refractivity contribution in [2.75, 3.05) is 13.1 Å². The Kier molecular flexibility index (Phi) is 5.91. The van der Waals surface area contributed by atoms with Crippen LogP contribution in [-0.2, 0) is 0 Å². The summed E-state index contributed by atoms with van der Waals surface area (Å²) in [6.07, 6.45) is 3.09. The van der Waals surface area contributed by atoms with Crippen LogP contribution < -0.4 is 11.3 Å². The van der Waals surface area contributed by atoms with E-state index in [1.54, 1.807) is 0 Å². The molecule has 3 nitrogen and oxygen atoms in total. The van der Waals surface area contributed by atoms with Gasteiger partial charge in [-0.05, 0) is 12.3 Å². The molecule has 0 aromatic rings. The number of aliphatic imine (C=N–C) groups is 1. The molecule has 0 spiro atoms. The van der Waals surface area contributed by atoms with Gasteiger partial charge < -0.3 is 0 Å². The monoisotopic (exact) mass is 185 g/mol. The van der Waals surface area contributed by atoms with Gasteiger partial charge in [-0.3, -0.25) is 16.3 Å². The summed E-state index contributed by atoms with van der Waals surface area (Å²) < 4.78 is 0. The fraction of sp³-hybridized carbons (Fsp3) is 0.900. The second kappa shape index (κ2) is 6.11. The van der Waals surface area contributed by atoms with E-state index in [0.717, 1.165) is 19.5 Å². The third-order valence-corrected chi connectivity index (χ3v) is 2.26. The summed E-state index contributed by atoms with van der Waals surface area (Å²) in [6.45, 7) is 10.3. The number of nitrogens with one attached hydrogen (secondary N) is 1. The lowest BCUT2D eigenvalue weighted by Crippen LogP contribution is -2.37. The Morgan fingerprint density at radius 1 is 1.54 bits per heavy atom. The Hall–Kier alpha value is -0.410. The highest BCUT2D eigenvalue weighted by atomic mass is 15.2. The first-order chi connectivity index (χ1) is 6.04. The number of rotatable bonds is 6. The van der Waals surface area contributed by atoms with Gasteiger partial charge in [0, 0.05) is 24.7 Å². The molecule has 0 bridgehead atoms. The average molecular weight is 185 g/mol. The second-order valence-electron chi connectivity index (χ2n) is 4.28. The van der Waals surface area contributed by atoms with Crippen LogP contribution in [0.3, 0.4) is 0 Å². The lowest BCUT2D eigenvalue weighted by molar-refractivity contribution is 0.307. The minimum absolute atomic E-state index is 0.195. The van der Waals surface area contributed by atoms with Crippen molar-refractivity contribution in [3.8, 4) is 0 Å². The van der Waals surface area contributed by atoms with E-state index >= 15 is 0 Å². The maximum absolute atomic E-state index is 5.32. The molecule has 3 N–H and O–H groups in total. The van der Waals surface area contributed by atoms with Crippen molar-refractivity contribution in [1.29, 1.82) is 0 Å². The van der Waals surface area contributed by atoms with E-state index in [9.17, 15) is 0 Å². The highest BCUT2D eigenvalue weighted by Gasteiger charge is 2.20. The second-order valence-corrected chi connectivity index (χ2v) is 4.28. The molecule has 1 unspecified atom stereocenters. The van der Waals surface area contributed by atoms with E-state index in [-0.39, 0.29) is 5.41 Å². The van der Waals surface area contributed by atoms with Crippen molar-refractivity contribution in [2.45, 2.75) is 34.1 Å². The zero-order valence-electron chi connectivity index (χ0n) is 9.30. The van der Waals surface area contributed by atoms with Crippen LogP contribution in [0, 0.1) is 11.3 Å². The van der Waals surface area contributed by atoms with Gasteiger partial charge in [0.2, 0.25) is 0 Å². The van der Waals surface area contributed by atoms with Gasteiger partial charge >= 0.3 is 0 Å². The summed E-state index contributed by atoms with van der Waals surface area (Å²) in [4.78, 5) is 4.41. The van der Waals surface area contributed by atoms with Crippen LogP contribution in [0.25, 0.3) is 0 Å². The van der Waals surface area contributed by atoms with Gasteiger partial charge in [0.05, 0.1) is 0 Å². The van der Waals surface area contributed by atoms with E-state index in [4.69, 9.17) is 5.84 Å². The van der Waals surface area contributed by atoms with Crippen LogP contribution in [0.2, 0.25) is 0 Å². The third kappa shape index (κ3) is 5.77. The van der Waals surface area contributed by atoms with Crippen LogP contribution >= 0.6 is 0 Å². The molecule has 0 heterocycles. The molecular formula is C10H23N3. The molecule has 1 atom stereocenters. The molecule has 0 aromatic carbocycles. The maximum atomic E-state index is 5.32. The predicted octanol–water partition coefficient (Wildman–Crippen LogP) is 1.59. The normalized spacial score (nSPS) is 16.8. The predicted molar refractivity (Wildman–Crippen MR) is 58.8 cm³/mol. The van der Waals surface area contributed by atoms with E-state index in [0.29, 0.717) is 5.92 Å². The van der Waals surface area contributed by atoms with Crippen LogP contribution in [-0.4, -0.2) is 19.3 Å². The van der Waals surface area contributed by atoms with Crippen molar-refractivity contribution in [1.82, 2.24) is 5.43 Å². The first kappa shape index (κ1) is 12.6. The van der Waals surface area contributed by atoms with E-state index in [2.05, 4.69) is 38.1 Å². The average Bonchev–Trinajstić information content (AvgIpc) is 2.04. The van der Waals surface area contributed by atoms with Crippen molar-refractivity contribution in [3.63, 3.8) is 0 Å². The van der Waals surface area contributed by atoms with Crippen molar-refractivity contribution in [3.05, 3.63) is 0 Å². The molecular weight excluding hydrogens is 162 g/mol. The van der Waals surface area contributed by atoms with Gasteiger partial charge in [0.1, 0.15) is 0 Å². The Labute approximate surface area is 81.8 Å². The fourth-order valence-electron chi connectivity index (χ4n) is 1.02. The van der Waals surface area contributed by atoms with E-state index in [1.807, 2.05) is 6.21 Å². The van der Waals surface area contributed by atoms with E-state index in [1.165, 1.54) is 0 Å². The lowest BCUT2D eigenvalue weighted by atomic mass is 9.88. The van der Waals surface area contributed by atoms with Crippen LogP contribution in [0.1, 0.15) is 34.1 Å². The van der Waals surface area contributed by atoms with Gasteiger partial charge in [0.25, 0.3) is 0 Å². The summed E-state index contributed by atoms with van der Waals surface area (Å²) in [5.74, 6) is 5.85. The Morgan fingerprint density at radius 2 is 2.15 bits per heavy atom. The van der Waals surface area contributed by atoms with Crippen LogP contribution in [0.5, 0.6) is 0 Å². The topological polar surface area (TPSA) is 50.4 Å². The molecule has 3 heteroatoms. The molecule has 0 fully saturated rings. The molecule has 0 aliphatic carbocycles. The third-order valence-electron chi connectivity index (χ3n) is 2.26. The number of hydrazine groups is 1. The molecule has 0 rings (SSSR count). The van der Waals surface area contributed by atoms with Crippen molar-refractivity contribution in [2.24, 2.45) is 22.2 Å². The molecule has 0 radical (unpaired) electrons. The van der Waals surface area contributed by atoms with Gasteiger partial charge in [0.15, 0.2) is 0 Å². The molecule has 0 aliphatic heterocycles.